The van der Waals surface area contributed by atoms with E-state index >= 15 is 0 Å². The first-order chi connectivity index (χ1) is 7.16. The van der Waals surface area contributed by atoms with Crippen molar-refractivity contribution in [1.82, 2.24) is 4.90 Å². The fraction of sp³-hybridized carbons (Fsp3) is 0.364. The number of carbonyl (C=O) groups is 1. The Bertz CT molecular complexity index is 363. The van der Waals surface area contributed by atoms with Gasteiger partial charge in [-0.1, -0.05) is 0 Å². The van der Waals surface area contributed by atoms with Gasteiger partial charge in [-0.15, -0.1) is 11.8 Å². The number of anilines is 1. The summed E-state index contributed by atoms with van der Waals surface area (Å²) in [5, 5.41) is 0.0821. The van der Waals surface area contributed by atoms with Crippen LogP contribution in [0.1, 0.15) is 6.42 Å². The molecule has 1 aliphatic heterocycles. The van der Waals surface area contributed by atoms with Crippen molar-refractivity contribution in [3.63, 3.8) is 0 Å². The van der Waals surface area contributed by atoms with Gasteiger partial charge in [0.15, 0.2) is 0 Å². The summed E-state index contributed by atoms with van der Waals surface area (Å²) in [5.41, 5.74) is 6.36. The van der Waals surface area contributed by atoms with E-state index in [0.29, 0.717) is 0 Å². The van der Waals surface area contributed by atoms with Crippen LogP contribution in [0.3, 0.4) is 0 Å². The molecule has 0 spiro atoms. The molecule has 1 aromatic rings. The van der Waals surface area contributed by atoms with E-state index in [9.17, 15) is 4.79 Å². The van der Waals surface area contributed by atoms with Crippen molar-refractivity contribution >= 4 is 23.4 Å². The standard InChI is InChI=1S/C11H14N2OS/c1-13-7-6-10(11(13)14)15-9-4-2-8(12)3-5-9/h2-5,10H,6-7,12H2,1H3. The molecule has 0 aromatic heterocycles. The number of benzene rings is 1. The van der Waals surface area contributed by atoms with Gasteiger partial charge in [-0.25, -0.2) is 0 Å². The van der Waals surface area contributed by atoms with E-state index in [0.717, 1.165) is 23.5 Å². The summed E-state index contributed by atoms with van der Waals surface area (Å²) in [6, 6.07) is 7.66. The van der Waals surface area contributed by atoms with Crippen molar-refractivity contribution in [2.75, 3.05) is 19.3 Å². The zero-order valence-corrected chi connectivity index (χ0v) is 9.46. The Balaban J connectivity index is 2.03. The second-order valence-electron chi connectivity index (χ2n) is 3.72. The first-order valence-electron chi connectivity index (χ1n) is 4.94. The number of carbonyl (C=O) groups excluding carboxylic acids is 1. The lowest BCUT2D eigenvalue weighted by Crippen LogP contribution is -2.23. The number of hydrogen-bond acceptors (Lipinski definition) is 3. The maximum Gasteiger partial charge on any atom is 0.235 e. The lowest BCUT2D eigenvalue weighted by atomic mass is 10.3. The maximum absolute atomic E-state index is 11.7. The summed E-state index contributed by atoms with van der Waals surface area (Å²) in [4.78, 5) is 14.6. The second-order valence-corrected chi connectivity index (χ2v) is 5.00. The third kappa shape index (κ3) is 2.26. The van der Waals surface area contributed by atoms with Gasteiger partial charge in [0, 0.05) is 24.2 Å². The molecule has 1 unspecified atom stereocenters. The van der Waals surface area contributed by atoms with Crippen molar-refractivity contribution in [3.05, 3.63) is 24.3 Å². The molecule has 1 aromatic carbocycles. The summed E-state index contributed by atoms with van der Waals surface area (Å²) in [6.45, 7) is 0.867. The van der Waals surface area contributed by atoms with Crippen LogP contribution in [0.4, 0.5) is 5.69 Å². The Labute approximate surface area is 93.6 Å². The average molecular weight is 222 g/mol. The quantitative estimate of drug-likeness (QED) is 0.773. The molecule has 4 heteroatoms. The van der Waals surface area contributed by atoms with Crippen LogP contribution in [-0.2, 0) is 4.79 Å². The molecule has 80 valence electrons. The van der Waals surface area contributed by atoms with Gasteiger partial charge >= 0.3 is 0 Å². The minimum absolute atomic E-state index is 0.0821. The molecule has 1 atom stereocenters. The molecular weight excluding hydrogens is 208 g/mol. The molecule has 15 heavy (non-hydrogen) atoms. The van der Waals surface area contributed by atoms with Gasteiger partial charge in [0.1, 0.15) is 0 Å². The molecule has 1 heterocycles. The Morgan fingerprint density at radius 3 is 2.60 bits per heavy atom. The number of nitrogen functional groups attached to an aromatic ring is 1. The van der Waals surface area contributed by atoms with E-state index in [1.54, 1.807) is 16.7 Å². The van der Waals surface area contributed by atoms with E-state index in [4.69, 9.17) is 5.73 Å². The van der Waals surface area contributed by atoms with Gasteiger partial charge < -0.3 is 10.6 Å². The van der Waals surface area contributed by atoms with E-state index in [2.05, 4.69) is 0 Å². The molecule has 2 rings (SSSR count). The van der Waals surface area contributed by atoms with Gasteiger partial charge in [0.2, 0.25) is 5.91 Å². The van der Waals surface area contributed by atoms with Crippen LogP contribution in [0.25, 0.3) is 0 Å². The molecule has 0 bridgehead atoms. The number of likely N-dealkylation sites (tertiary alicyclic amines) is 1. The summed E-state index contributed by atoms with van der Waals surface area (Å²) >= 11 is 1.62. The zero-order valence-electron chi connectivity index (χ0n) is 8.64. The van der Waals surface area contributed by atoms with Crippen molar-refractivity contribution in [2.45, 2.75) is 16.6 Å². The molecule has 1 saturated heterocycles. The predicted octanol–water partition coefficient (Wildman–Crippen LogP) is 1.59. The van der Waals surface area contributed by atoms with Crippen LogP contribution >= 0.6 is 11.8 Å². The van der Waals surface area contributed by atoms with Gasteiger partial charge in [-0.2, -0.15) is 0 Å². The summed E-state index contributed by atoms with van der Waals surface area (Å²) < 4.78 is 0. The number of nitrogens with two attached hydrogens (primary N) is 1. The monoisotopic (exact) mass is 222 g/mol. The highest BCUT2D eigenvalue weighted by atomic mass is 32.2. The predicted molar refractivity (Wildman–Crippen MR) is 62.8 cm³/mol. The molecule has 3 nitrogen and oxygen atoms in total. The number of nitrogens with zero attached hydrogens (tertiary/aromatic N) is 1. The highest BCUT2D eigenvalue weighted by molar-refractivity contribution is 8.00. The fourth-order valence-corrected chi connectivity index (χ4v) is 2.74. The molecular formula is C11H14N2OS. The highest BCUT2D eigenvalue weighted by Crippen LogP contribution is 2.30. The van der Waals surface area contributed by atoms with Gasteiger partial charge in [-0.05, 0) is 30.7 Å². The van der Waals surface area contributed by atoms with E-state index < -0.39 is 0 Å². The van der Waals surface area contributed by atoms with Crippen molar-refractivity contribution in [2.24, 2.45) is 0 Å². The Morgan fingerprint density at radius 1 is 1.40 bits per heavy atom. The summed E-state index contributed by atoms with van der Waals surface area (Å²) in [7, 11) is 1.85. The third-order valence-corrected chi connectivity index (χ3v) is 3.80. The molecule has 1 aliphatic rings. The molecule has 1 fully saturated rings. The van der Waals surface area contributed by atoms with Gasteiger partial charge in [0.25, 0.3) is 0 Å². The maximum atomic E-state index is 11.7. The van der Waals surface area contributed by atoms with E-state index in [-0.39, 0.29) is 11.2 Å². The molecule has 1 amide bonds. The van der Waals surface area contributed by atoms with Crippen LogP contribution in [0.5, 0.6) is 0 Å². The lowest BCUT2D eigenvalue weighted by molar-refractivity contribution is -0.126. The van der Waals surface area contributed by atoms with Crippen molar-refractivity contribution in [3.8, 4) is 0 Å². The van der Waals surface area contributed by atoms with E-state index in [1.165, 1.54) is 0 Å². The Morgan fingerprint density at radius 2 is 2.07 bits per heavy atom. The van der Waals surface area contributed by atoms with Crippen LogP contribution in [0, 0.1) is 0 Å². The van der Waals surface area contributed by atoms with Gasteiger partial charge in [-0.3, -0.25) is 4.79 Å². The second kappa shape index (κ2) is 4.14. The summed E-state index contributed by atoms with van der Waals surface area (Å²) in [5.74, 6) is 0.233. The molecule has 0 saturated carbocycles. The minimum atomic E-state index is 0.0821. The first kappa shape index (κ1) is 10.4. The van der Waals surface area contributed by atoms with Crippen LogP contribution in [-0.4, -0.2) is 29.6 Å². The third-order valence-electron chi connectivity index (χ3n) is 2.54. The van der Waals surface area contributed by atoms with Crippen LogP contribution in [0.15, 0.2) is 29.2 Å². The topological polar surface area (TPSA) is 46.3 Å². The highest BCUT2D eigenvalue weighted by Gasteiger charge is 2.29. The number of hydrogen-bond donors (Lipinski definition) is 1. The SMILES string of the molecule is CN1CCC(Sc2ccc(N)cc2)C1=O. The van der Waals surface area contributed by atoms with Gasteiger partial charge in [0.05, 0.1) is 5.25 Å². The fourth-order valence-electron chi connectivity index (χ4n) is 1.61. The zero-order chi connectivity index (χ0) is 10.8. The van der Waals surface area contributed by atoms with Crippen LogP contribution < -0.4 is 5.73 Å². The van der Waals surface area contributed by atoms with Crippen molar-refractivity contribution in [1.29, 1.82) is 0 Å². The first-order valence-corrected chi connectivity index (χ1v) is 5.82. The molecule has 2 N–H and O–H groups in total. The minimum Gasteiger partial charge on any atom is -0.399 e. The normalized spacial score (nSPS) is 21.0. The average Bonchev–Trinajstić information content (AvgIpc) is 2.53. The lowest BCUT2D eigenvalue weighted by Gasteiger charge is -2.09. The molecule has 0 radical (unpaired) electrons. The summed E-state index contributed by atoms with van der Waals surface area (Å²) in [6.07, 6.45) is 0.935. The number of amides is 1. The van der Waals surface area contributed by atoms with E-state index in [1.807, 2.05) is 31.3 Å². The van der Waals surface area contributed by atoms with Crippen LogP contribution in [0.2, 0.25) is 0 Å². The largest absolute Gasteiger partial charge is 0.399 e. The van der Waals surface area contributed by atoms with Crippen molar-refractivity contribution < 1.29 is 4.79 Å². The smallest absolute Gasteiger partial charge is 0.235 e. The Hall–Kier alpha value is -1.16. The number of thioether (sulfide) groups is 1. The Kier molecular flexibility index (Phi) is 2.86. The number of rotatable bonds is 2. The molecule has 0 aliphatic carbocycles.